The van der Waals surface area contributed by atoms with Gasteiger partial charge in [-0.15, -0.1) is 0 Å². The average Bonchev–Trinajstić information content (AvgIpc) is 2.45. The van der Waals surface area contributed by atoms with Crippen molar-refractivity contribution in [2.45, 2.75) is 26.2 Å². The van der Waals surface area contributed by atoms with Crippen molar-refractivity contribution in [1.29, 1.82) is 0 Å². The van der Waals surface area contributed by atoms with Gasteiger partial charge in [-0.05, 0) is 31.4 Å². The zero-order chi connectivity index (χ0) is 12.8. The molecule has 0 spiro atoms. The van der Waals surface area contributed by atoms with Gasteiger partial charge in [-0.2, -0.15) is 0 Å². The highest BCUT2D eigenvalue weighted by atomic mass is 16.7. The van der Waals surface area contributed by atoms with E-state index in [1.54, 1.807) is 0 Å². The van der Waals surface area contributed by atoms with Crippen molar-refractivity contribution in [3.63, 3.8) is 0 Å². The first kappa shape index (κ1) is 12.9. The Morgan fingerprint density at radius 1 is 1.39 bits per heavy atom. The van der Waals surface area contributed by atoms with E-state index in [0.717, 1.165) is 31.5 Å². The summed E-state index contributed by atoms with van der Waals surface area (Å²) in [4.78, 5) is 17.8. The van der Waals surface area contributed by atoms with Crippen LogP contribution in [0.25, 0.3) is 0 Å². The van der Waals surface area contributed by atoms with Gasteiger partial charge >= 0.3 is 0 Å². The van der Waals surface area contributed by atoms with Crippen LogP contribution in [-0.2, 0) is 4.84 Å². The van der Waals surface area contributed by atoms with Gasteiger partial charge in [-0.3, -0.25) is 9.63 Å². The van der Waals surface area contributed by atoms with Gasteiger partial charge < -0.3 is 5.32 Å². The van der Waals surface area contributed by atoms with Crippen molar-refractivity contribution < 1.29 is 9.63 Å². The van der Waals surface area contributed by atoms with Crippen LogP contribution in [0.1, 0.15) is 36.5 Å². The zero-order valence-corrected chi connectivity index (χ0v) is 10.8. The molecular formula is C14H20N2O2. The molecule has 0 atom stereocenters. The number of amides is 1. The SMILES string of the molecule is CCCNc1ccccc1C(=O)N1CCCCO1. The first-order chi connectivity index (χ1) is 8.83. The van der Waals surface area contributed by atoms with E-state index in [1.807, 2.05) is 24.3 Å². The van der Waals surface area contributed by atoms with Gasteiger partial charge in [0, 0.05) is 18.8 Å². The lowest BCUT2D eigenvalue weighted by atomic mass is 10.1. The van der Waals surface area contributed by atoms with Crippen molar-refractivity contribution in [1.82, 2.24) is 5.06 Å². The minimum Gasteiger partial charge on any atom is -0.384 e. The molecule has 1 N–H and O–H groups in total. The minimum atomic E-state index is -0.0473. The first-order valence-electron chi connectivity index (χ1n) is 6.60. The summed E-state index contributed by atoms with van der Waals surface area (Å²) in [6.45, 7) is 4.29. The predicted octanol–water partition coefficient (Wildman–Crippen LogP) is 2.68. The lowest BCUT2D eigenvalue weighted by Gasteiger charge is -2.26. The fourth-order valence-electron chi connectivity index (χ4n) is 1.97. The van der Waals surface area contributed by atoms with E-state index in [1.165, 1.54) is 5.06 Å². The van der Waals surface area contributed by atoms with E-state index in [2.05, 4.69) is 12.2 Å². The average molecular weight is 248 g/mol. The summed E-state index contributed by atoms with van der Waals surface area (Å²) in [6.07, 6.45) is 3.07. The maximum absolute atomic E-state index is 12.3. The fraction of sp³-hybridized carbons (Fsp3) is 0.500. The summed E-state index contributed by atoms with van der Waals surface area (Å²) in [5, 5.41) is 4.76. The molecule has 18 heavy (non-hydrogen) atoms. The normalized spacial score (nSPS) is 15.5. The summed E-state index contributed by atoms with van der Waals surface area (Å²) >= 11 is 0. The van der Waals surface area contributed by atoms with Gasteiger partial charge in [0.15, 0.2) is 0 Å². The molecule has 4 heteroatoms. The second-order valence-corrected chi connectivity index (χ2v) is 4.42. The van der Waals surface area contributed by atoms with Gasteiger partial charge in [0.25, 0.3) is 5.91 Å². The van der Waals surface area contributed by atoms with Gasteiger partial charge in [-0.1, -0.05) is 19.1 Å². The van der Waals surface area contributed by atoms with E-state index >= 15 is 0 Å². The van der Waals surface area contributed by atoms with Crippen LogP contribution < -0.4 is 5.32 Å². The highest BCUT2D eigenvalue weighted by Gasteiger charge is 2.21. The van der Waals surface area contributed by atoms with E-state index in [-0.39, 0.29) is 5.91 Å². The molecule has 0 bridgehead atoms. The Hall–Kier alpha value is -1.55. The molecule has 1 aromatic carbocycles. The molecule has 1 amide bonds. The molecule has 4 nitrogen and oxygen atoms in total. The summed E-state index contributed by atoms with van der Waals surface area (Å²) in [6, 6.07) is 7.60. The van der Waals surface area contributed by atoms with E-state index in [0.29, 0.717) is 18.7 Å². The number of para-hydroxylation sites is 1. The van der Waals surface area contributed by atoms with E-state index < -0.39 is 0 Å². The number of benzene rings is 1. The maximum Gasteiger partial charge on any atom is 0.279 e. The fourth-order valence-corrected chi connectivity index (χ4v) is 1.97. The Bertz CT molecular complexity index is 401. The van der Waals surface area contributed by atoms with E-state index in [4.69, 9.17) is 4.84 Å². The molecule has 0 aliphatic carbocycles. The van der Waals surface area contributed by atoms with Gasteiger partial charge in [0.05, 0.1) is 12.2 Å². The molecule has 98 valence electrons. The number of nitrogens with zero attached hydrogens (tertiary/aromatic N) is 1. The summed E-state index contributed by atoms with van der Waals surface area (Å²) < 4.78 is 0. The summed E-state index contributed by atoms with van der Waals surface area (Å²) in [5.74, 6) is -0.0473. The number of hydroxylamine groups is 2. The Morgan fingerprint density at radius 3 is 2.94 bits per heavy atom. The topological polar surface area (TPSA) is 41.6 Å². The number of hydrogen-bond donors (Lipinski definition) is 1. The zero-order valence-electron chi connectivity index (χ0n) is 10.8. The van der Waals surface area contributed by atoms with Crippen molar-refractivity contribution in [2.24, 2.45) is 0 Å². The highest BCUT2D eigenvalue weighted by Crippen LogP contribution is 2.19. The third kappa shape index (κ3) is 3.01. The second-order valence-electron chi connectivity index (χ2n) is 4.42. The smallest absolute Gasteiger partial charge is 0.279 e. The standard InChI is InChI=1S/C14H20N2O2/c1-2-9-15-13-8-4-3-7-12(13)14(17)16-10-5-6-11-18-16/h3-4,7-8,15H,2,5-6,9-11H2,1H3. The van der Waals surface area contributed by atoms with Gasteiger partial charge in [0.1, 0.15) is 0 Å². The van der Waals surface area contributed by atoms with Crippen LogP contribution in [-0.4, -0.2) is 30.7 Å². The molecule has 1 aliphatic heterocycles. The lowest BCUT2D eigenvalue weighted by molar-refractivity contribution is -0.144. The number of rotatable bonds is 4. The number of nitrogens with one attached hydrogen (secondary N) is 1. The highest BCUT2D eigenvalue weighted by molar-refractivity contribution is 5.99. The van der Waals surface area contributed by atoms with E-state index in [9.17, 15) is 4.79 Å². The lowest BCUT2D eigenvalue weighted by Crippen LogP contribution is -2.36. The third-order valence-corrected chi connectivity index (χ3v) is 2.95. The molecule has 2 rings (SSSR count). The predicted molar refractivity (Wildman–Crippen MR) is 71.4 cm³/mol. The quantitative estimate of drug-likeness (QED) is 0.890. The minimum absolute atomic E-state index is 0.0473. The molecule has 0 aromatic heterocycles. The Labute approximate surface area is 108 Å². The van der Waals surface area contributed by atoms with Crippen LogP contribution in [0.3, 0.4) is 0 Å². The van der Waals surface area contributed by atoms with Crippen molar-refractivity contribution >= 4 is 11.6 Å². The van der Waals surface area contributed by atoms with Crippen LogP contribution in [0.15, 0.2) is 24.3 Å². The van der Waals surface area contributed by atoms with Crippen molar-refractivity contribution in [3.05, 3.63) is 29.8 Å². The molecule has 1 aliphatic rings. The number of carbonyl (C=O) groups excluding carboxylic acids is 1. The molecule has 1 heterocycles. The summed E-state index contributed by atoms with van der Waals surface area (Å²) in [7, 11) is 0. The first-order valence-corrected chi connectivity index (χ1v) is 6.60. The Balaban J connectivity index is 2.12. The molecule has 1 aromatic rings. The largest absolute Gasteiger partial charge is 0.384 e. The molecule has 1 saturated heterocycles. The maximum atomic E-state index is 12.3. The van der Waals surface area contributed by atoms with Crippen molar-refractivity contribution in [3.8, 4) is 0 Å². The number of carbonyl (C=O) groups is 1. The summed E-state index contributed by atoms with van der Waals surface area (Å²) in [5.41, 5.74) is 1.58. The van der Waals surface area contributed by atoms with Gasteiger partial charge in [-0.25, -0.2) is 5.06 Å². The van der Waals surface area contributed by atoms with Crippen LogP contribution in [0.4, 0.5) is 5.69 Å². The molecule has 0 unspecified atom stereocenters. The van der Waals surface area contributed by atoms with Crippen LogP contribution in [0, 0.1) is 0 Å². The van der Waals surface area contributed by atoms with Crippen molar-refractivity contribution in [2.75, 3.05) is 25.0 Å². The number of hydrogen-bond acceptors (Lipinski definition) is 3. The molecule has 1 fully saturated rings. The van der Waals surface area contributed by atoms with Crippen LogP contribution in [0.2, 0.25) is 0 Å². The Kier molecular flexibility index (Phi) is 4.59. The second kappa shape index (κ2) is 6.40. The molecular weight excluding hydrogens is 228 g/mol. The van der Waals surface area contributed by atoms with Crippen LogP contribution in [0.5, 0.6) is 0 Å². The van der Waals surface area contributed by atoms with Crippen LogP contribution >= 0.6 is 0 Å². The third-order valence-electron chi connectivity index (χ3n) is 2.95. The molecule has 0 radical (unpaired) electrons. The number of anilines is 1. The van der Waals surface area contributed by atoms with Gasteiger partial charge in [0.2, 0.25) is 0 Å². The molecule has 0 saturated carbocycles. The monoisotopic (exact) mass is 248 g/mol. The Morgan fingerprint density at radius 2 is 2.22 bits per heavy atom.